The Labute approximate surface area is 74.3 Å². The molecule has 0 unspecified atom stereocenters. The smallest absolute Gasteiger partial charge is 0.0627 e. The molecule has 0 aliphatic heterocycles. The van der Waals surface area contributed by atoms with Crippen LogP contribution in [0, 0.1) is 0 Å². The van der Waals surface area contributed by atoms with Gasteiger partial charge in [0.2, 0.25) is 0 Å². The van der Waals surface area contributed by atoms with E-state index in [9.17, 15) is 0 Å². The molecule has 0 saturated carbocycles. The molecule has 0 saturated heterocycles. The van der Waals surface area contributed by atoms with Gasteiger partial charge in [-0.05, 0) is 34.1 Å². The van der Waals surface area contributed by atoms with Crippen molar-refractivity contribution in [3.8, 4) is 0 Å². The van der Waals surface area contributed by atoms with Crippen LogP contribution in [-0.2, 0) is 0 Å². The molecule has 11 heavy (non-hydrogen) atoms. The van der Waals surface area contributed by atoms with E-state index in [0.29, 0.717) is 6.54 Å². The molecule has 0 radical (unpaired) electrons. The molecule has 2 nitrogen and oxygen atoms in total. The first-order valence-electron chi connectivity index (χ1n) is 3.31. The number of aromatic nitrogens is 1. The predicted molar refractivity (Wildman–Crippen MR) is 50.0 cm³/mol. The van der Waals surface area contributed by atoms with E-state index < -0.39 is 0 Å². The van der Waals surface area contributed by atoms with Crippen molar-refractivity contribution in [3.63, 3.8) is 0 Å². The molecule has 0 aliphatic carbocycles. The fraction of sp³-hybridized carbons (Fsp3) is 0.125. The second-order valence-electron chi connectivity index (χ2n) is 2.04. The fourth-order valence-electron chi connectivity index (χ4n) is 0.675. The summed E-state index contributed by atoms with van der Waals surface area (Å²) in [5.74, 6) is 0. The molecule has 0 aromatic carbocycles. The lowest BCUT2D eigenvalue weighted by atomic mass is 10.3. The molecular formula is C8H9BrN2. The third-order valence-electron chi connectivity index (χ3n) is 1.17. The summed E-state index contributed by atoms with van der Waals surface area (Å²) >= 11 is 3.30. The highest BCUT2D eigenvalue weighted by atomic mass is 79.9. The second-order valence-corrected chi connectivity index (χ2v) is 2.96. The summed E-state index contributed by atoms with van der Waals surface area (Å²) in [7, 11) is 0. The fourth-order valence-corrected chi connectivity index (χ4v) is 0.909. The van der Waals surface area contributed by atoms with E-state index in [1.165, 1.54) is 0 Å². The summed E-state index contributed by atoms with van der Waals surface area (Å²) in [4.78, 5) is 4.13. The monoisotopic (exact) mass is 212 g/mol. The maximum atomic E-state index is 5.28. The Balaban J connectivity index is 2.73. The van der Waals surface area contributed by atoms with Crippen LogP contribution in [-0.4, -0.2) is 11.5 Å². The Kier molecular flexibility index (Phi) is 3.26. The predicted octanol–water partition coefficient (Wildman–Crippen LogP) is 1.82. The van der Waals surface area contributed by atoms with Crippen molar-refractivity contribution in [2.24, 2.45) is 5.73 Å². The van der Waals surface area contributed by atoms with E-state index >= 15 is 0 Å². The standard InChI is InChI=1S/C8H9BrN2/c9-7-3-4-8(11-6-7)2-1-5-10/h1-4,6H,5,10H2/b2-1+. The van der Waals surface area contributed by atoms with Gasteiger partial charge in [0, 0.05) is 17.2 Å². The SMILES string of the molecule is NC/C=C/c1ccc(Br)cn1. The summed E-state index contributed by atoms with van der Waals surface area (Å²) in [6.45, 7) is 0.553. The van der Waals surface area contributed by atoms with Crippen LogP contribution in [0.25, 0.3) is 6.08 Å². The molecule has 0 atom stereocenters. The van der Waals surface area contributed by atoms with Gasteiger partial charge in [-0.3, -0.25) is 4.98 Å². The highest BCUT2D eigenvalue weighted by molar-refractivity contribution is 9.10. The number of pyridine rings is 1. The number of hydrogen-bond donors (Lipinski definition) is 1. The van der Waals surface area contributed by atoms with Crippen molar-refractivity contribution < 1.29 is 0 Å². The molecule has 0 aliphatic rings. The van der Waals surface area contributed by atoms with E-state index in [2.05, 4.69) is 20.9 Å². The zero-order valence-corrected chi connectivity index (χ0v) is 7.58. The average Bonchev–Trinajstić information content (AvgIpc) is 2.04. The number of hydrogen-bond acceptors (Lipinski definition) is 2. The lowest BCUT2D eigenvalue weighted by molar-refractivity contribution is 1.24. The Bertz CT molecular complexity index is 241. The molecule has 1 aromatic rings. The zero-order valence-electron chi connectivity index (χ0n) is 6.00. The molecular weight excluding hydrogens is 204 g/mol. The summed E-state index contributed by atoms with van der Waals surface area (Å²) in [6, 6.07) is 3.87. The lowest BCUT2D eigenvalue weighted by Crippen LogP contribution is -1.92. The number of halogens is 1. The van der Waals surface area contributed by atoms with Crippen LogP contribution in [0.1, 0.15) is 5.69 Å². The molecule has 1 heterocycles. The number of nitrogens with two attached hydrogens (primary N) is 1. The first-order chi connectivity index (χ1) is 5.33. The van der Waals surface area contributed by atoms with Crippen LogP contribution < -0.4 is 5.73 Å². The van der Waals surface area contributed by atoms with Gasteiger partial charge >= 0.3 is 0 Å². The molecule has 0 bridgehead atoms. The summed E-state index contributed by atoms with van der Waals surface area (Å²) in [6.07, 6.45) is 5.53. The van der Waals surface area contributed by atoms with Crippen molar-refractivity contribution in [1.29, 1.82) is 0 Å². The maximum absolute atomic E-state index is 5.28. The Morgan fingerprint density at radius 3 is 2.91 bits per heavy atom. The van der Waals surface area contributed by atoms with E-state index in [1.54, 1.807) is 6.20 Å². The van der Waals surface area contributed by atoms with Gasteiger partial charge in [0.15, 0.2) is 0 Å². The minimum Gasteiger partial charge on any atom is -0.327 e. The van der Waals surface area contributed by atoms with Gasteiger partial charge in [-0.25, -0.2) is 0 Å². The highest BCUT2D eigenvalue weighted by Crippen LogP contribution is 2.07. The van der Waals surface area contributed by atoms with Gasteiger partial charge in [0.25, 0.3) is 0 Å². The molecule has 1 aromatic heterocycles. The first kappa shape index (κ1) is 8.43. The molecule has 3 heteroatoms. The van der Waals surface area contributed by atoms with Gasteiger partial charge in [-0.1, -0.05) is 6.08 Å². The molecule has 0 spiro atoms. The van der Waals surface area contributed by atoms with Crippen LogP contribution in [0.5, 0.6) is 0 Å². The summed E-state index contributed by atoms with van der Waals surface area (Å²) in [5.41, 5.74) is 6.21. The van der Waals surface area contributed by atoms with Crippen LogP contribution in [0.3, 0.4) is 0 Å². The molecule has 58 valence electrons. The van der Waals surface area contributed by atoms with Crippen LogP contribution in [0.4, 0.5) is 0 Å². The summed E-state index contributed by atoms with van der Waals surface area (Å²) in [5, 5.41) is 0. The van der Waals surface area contributed by atoms with Crippen molar-refractivity contribution in [2.75, 3.05) is 6.54 Å². The quantitative estimate of drug-likeness (QED) is 0.813. The van der Waals surface area contributed by atoms with Crippen molar-refractivity contribution in [3.05, 3.63) is 34.6 Å². The third kappa shape index (κ3) is 2.82. The van der Waals surface area contributed by atoms with Crippen LogP contribution in [0.15, 0.2) is 28.9 Å². The van der Waals surface area contributed by atoms with Crippen molar-refractivity contribution >= 4 is 22.0 Å². The van der Waals surface area contributed by atoms with Gasteiger partial charge in [0.05, 0.1) is 5.69 Å². The maximum Gasteiger partial charge on any atom is 0.0627 e. The summed E-state index contributed by atoms with van der Waals surface area (Å²) < 4.78 is 0.988. The molecule has 0 amide bonds. The Morgan fingerprint density at radius 1 is 1.55 bits per heavy atom. The number of rotatable bonds is 2. The van der Waals surface area contributed by atoms with Gasteiger partial charge in [0.1, 0.15) is 0 Å². The van der Waals surface area contributed by atoms with Crippen LogP contribution in [0.2, 0.25) is 0 Å². The van der Waals surface area contributed by atoms with E-state index in [4.69, 9.17) is 5.73 Å². The largest absolute Gasteiger partial charge is 0.327 e. The zero-order chi connectivity index (χ0) is 8.10. The highest BCUT2D eigenvalue weighted by Gasteiger charge is 1.86. The lowest BCUT2D eigenvalue weighted by Gasteiger charge is -1.91. The van der Waals surface area contributed by atoms with Gasteiger partial charge in [-0.15, -0.1) is 0 Å². The Morgan fingerprint density at radius 2 is 2.36 bits per heavy atom. The van der Waals surface area contributed by atoms with Gasteiger partial charge in [-0.2, -0.15) is 0 Å². The van der Waals surface area contributed by atoms with Gasteiger partial charge < -0.3 is 5.73 Å². The molecule has 2 N–H and O–H groups in total. The van der Waals surface area contributed by atoms with Crippen molar-refractivity contribution in [1.82, 2.24) is 4.98 Å². The average molecular weight is 213 g/mol. The third-order valence-corrected chi connectivity index (χ3v) is 1.64. The molecule has 0 fully saturated rings. The molecule has 1 rings (SSSR count). The van der Waals surface area contributed by atoms with Crippen molar-refractivity contribution in [2.45, 2.75) is 0 Å². The topological polar surface area (TPSA) is 38.9 Å². The van der Waals surface area contributed by atoms with E-state index in [-0.39, 0.29) is 0 Å². The normalized spacial score (nSPS) is 10.7. The number of nitrogens with zero attached hydrogens (tertiary/aromatic N) is 1. The van der Waals surface area contributed by atoms with Crippen LogP contribution >= 0.6 is 15.9 Å². The minimum absolute atomic E-state index is 0.553. The minimum atomic E-state index is 0.553. The Hall–Kier alpha value is -0.670. The van der Waals surface area contributed by atoms with E-state index in [0.717, 1.165) is 10.2 Å². The second kappa shape index (κ2) is 4.26. The van der Waals surface area contributed by atoms with E-state index in [1.807, 2.05) is 24.3 Å². The first-order valence-corrected chi connectivity index (χ1v) is 4.10.